The number of benzene rings is 1. The number of fused-ring (bicyclic) bond motifs is 1. The minimum atomic E-state index is -0.521. The van der Waals surface area contributed by atoms with Gasteiger partial charge in [0.25, 0.3) is 0 Å². The highest BCUT2D eigenvalue weighted by molar-refractivity contribution is 5.84. The lowest BCUT2D eigenvalue weighted by Gasteiger charge is -2.23. The molecule has 1 aromatic heterocycles. The van der Waals surface area contributed by atoms with Crippen molar-refractivity contribution in [3.8, 4) is 5.75 Å². The Hall–Kier alpha value is -1.69. The zero-order chi connectivity index (χ0) is 13.7. The molecule has 0 saturated carbocycles. The second kappa shape index (κ2) is 6.47. The van der Waals surface area contributed by atoms with Crippen molar-refractivity contribution in [3.05, 3.63) is 36.5 Å². The van der Waals surface area contributed by atoms with Crippen LogP contribution in [-0.2, 0) is 4.74 Å². The van der Waals surface area contributed by atoms with Gasteiger partial charge >= 0.3 is 0 Å². The first-order valence-corrected chi connectivity index (χ1v) is 6.12. The maximum Gasteiger partial charge on any atom is 0.146 e. The molecule has 0 aliphatic carbocycles. The van der Waals surface area contributed by atoms with Gasteiger partial charge in [0, 0.05) is 18.7 Å². The first-order valence-electron chi connectivity index (χ1n) is 6.12. The number of methoxy groups -OCH3 is 1. The van der Waals surface area contributed by atoms with Crippen LogP contribution in [0.2, 0.25) is 0 Å². The van der Waals surface area contributed by atoms with E-state index in [1.54, 1.807) is 13.3 Å². The number of aliphatic hydroxyl groups is 1. The second-order valence-corrected chi connectivity index (χ2v) is 4.29. The van der Waals surface area contributed by atoms with E-state index in [0.29, 0.717) is 12.4 Å². The molecule has 0 radical (unpaired) electrons. The fourth-order valence-electron chi connectivity index (χ4n) is 1.89. The molecule has 0 aliphatic rings. The third-order valence-corrected chi connectivity index (χ3v) is 2.89. The van der Waals surface area contributed by atoms with Crippen LogP contribution in [0.15, 0.2) is 36.5 Å². The van der Waals surface area contributed by atoms with Crippen LogP contribution in [0.25, 0.3) is 10.9 Å². The minimum absolute atomic E-state index is 0.173. The zero-order valence-electron chi connectivity index (χ0n) is 10.8. The van der Waals surface area contributed by atoms with Crippen molar-refractivity contribution in [2.24, 2.45) is 5.73 Å². The van der Waals surface area contributed by atoms with E-state index < -0.39 is 12.1 Å². The predicted molar refractivity (Wildman–Crippen MR) is 73.1 cm³/mol. The number of aliphatic hydroxyl groups excluding tert-OH is 1. The van der Waals surface area contributed by atoms with Crippen molar-refractivity contribution < 1.29 is 14.6 Å². The van der Waals surface area contributed by atoms with Crippen molar-refractivity contribution in [1.29, 1.82) is 0 Å². The third kappa shape index (κ3) is 3.20. The summed E-state index contributed by atoms with van der Waals surface area (Å²) in [7, 11) is 1.56. The van der Waals surface area contributed by atoms with E-state index in [1.807, 2.05) is 30.3 Å². The molecule has 19 heavy (non-hydrogen) atoms. The highest BCUT2D eigenvalue weighted by Crippen LogP contribution is 2.24. The van der Waals surface area contributed by atoms with Gasteiger partial charge in [0.05, 0.1) is 19.3 Å². The Morgan fingerprint density at radius 3 is 2.84 bits per heavy atom. The summed E-state index contributed by atoms with van der Waals surface area (Å²) in [6.07, 6.45) is 1.19. The Balaban J connectivity index is 2.24. The number of ether oxygens (including phenoxy) is 2. The second-order valence-electron chi connectivity index (χ2n) is 4.29. The number of nitrogens with zero attached hydrogens (tertiary/aromatic N) is 1. The number of aromatic nitrogens is 1. The standard InChI is InChI=1S/C14H18N2O3/c1-18-9-11(15)13(8-17)19-12-6-2-4-10-5-3-7-16-14(10)12/h2-7,11,13,17H,8-9,15H2,1H3. The molecular formula is C14H18N2O3. The Morgan fingerprint density at radius 1 is 1.32 bits per heavy atom. The van der Waals surface area contributed by atoms with E-state index in [2.05, 4.69) is 4.98 Å². The van der Waals surface area contributed by atoms with Crippen LogP contribution >= 0.6 is 0 Å². The van der Waals surface area contributed by atoms with Crippen molar-refractivity contribution in [2.75, 3.05) is 20.3 Å². The Labute approximate surface area is 112 Å². The van der Waals surface area contributed by atoms with Crippen LogP contribution < -0.4 is 10.5 Å². The predicted octanol–water partition coefficient (Wildman–Crippen LogP) is 0.948. The molecule has 5 heteroatoms. The van der Waals surface area contributed by atoms with E-state index in [4.69, 9.17) is 15.2 Å². The van der Waals surface area contributed by atoms with Gasteiger partial charge in [-0.2, -0.15) is 0 Å². The number of nitrogens with two attached hydrogens (primary N) is 1. The van der Waals surface area contributed by atoms with Crippen molar-refractivity contribution in [3.63, 3.8) is 0 Å². The zero-order valence-corrected chi connectivity index (χ0v) is 10.8. The Bertz CT molecular complexity index is 528. The molecule has 2 atom stereocenters. The average molecular weight is 262 g/mol. The fraction of sp³-hybridized carbons (Fsp3) is 0.357. The summed E-state index contributed by atoms with van der Waals surface area (Å²) < 4.78 is 10.8. The van der Waals surface area contributed by atoms with Crippen molar-refractivity contribution >= 4 is 10.9 Å². The number of hydrogen-bond donors (Lipinski definition) is 2. The average Bonchev–Trinajstić information content (AvgIpc) is 2.45. The van der Waals surface area contributed by atoms with Crippen LogP contribution in [0.1, 0.15) is 0 Å². The van der Waals surface area contributed by atoms with Gasteiger partial charge < -0.3 is 20.3 Å². The Morgan fingerprint density at radius 2 is 2.11 bits per heavy atom. The molecule has 0 fully saturated rings. The molecule has 102 valence electrons. The third-order valence-electron chi connectivity index (χ3n) is 2.89. The molecule has 0 bridgehead atoms. The van der Waals surface area contributed by atoms with E-state index in [1.165, 1.54) is 0 Å². The summed E-state index contributed by atoms with van der Waals surface area (Å²) in [5.74, 6) is 0.615. The molecule has 2 unspecified atom stereocenters. The molecule has 3 N–H and O–H groups in total. The van der Waals surface area contributed by atoms with Gasteiger partial charge in [-0.15, -0.1) is 0 Å². The SMILES string of the molecule is COCC(N)C(CO)Oc1cccc2cccnc12. The molecule has 0 spiro atoms. The maximum absolute atomic E-state index is 9.38. The molecule has 5 nitrogen and oxygen atoms in total. The fourth-order valence-corrected chi connectivity index (χ4v) is 1.89. The summed E-state index contributed by atoms with van der Waals surface area (Å²) >= 11 is 0. The molecular weight excluding hydrogens is 244 g/mol. The first-order chi connectivity index (χ1) is 9.26. The van der Waals surface area contributed by atoms with Crippen molar-refractivity contribution in [2.45, 2.75) is 12.1 Å². The topological polar surface area (TPSA) is 77.6 Å². The molecule has 1 heterocycles. The first kappa shape index (κ1) is 13.7. The Kier molecular flexibility index (Phi) is 4.68. The van der Waals surface area contributed by atoms with Crippen LogP contribution in [0.4, 0.5) is 0 Å². The molecule has 0 amide bonds. The van der Waals surface area contributed by atoms with Gasteiger partial charge in [-0.25, -0.2) is 0 Å². The molecule has 2 rings (SSSR count). The van der Waals surface area contributed by atoms with E-state index in [9.17, 15) is 5.11 Å². The number of rotatable bonds is 6. The van der Waals surface area contributed by atoms with Gasteiger partial charge in [0.15, 0.2) is 0 Å². The van der Waals surface area contributed by atoms with Gasteiger partial charge in [-0.3, -0.25) is 4.98 Å². The van der Waals surface area contributed by atoms with Crippen molar-refractivity contribution in [1.82, 2.24) is 4.98 Å². The summed E-state index contributed by atoms with van der Waals surface area (Å²) in [6.45, 7) is 0.150. The summed E-state index contributed by atoms with van der Waals surface area (Å²) in [5.41, 5.74) is 6.66. The van der Waals surface area contributed by atoms with E-state index in [-0.39, 0.29) is 6.61 Å². The number of hydrogen-bond acceptors (Lipinski definition) is 5. The lowest BCUT2D eigenvalue weighted by Crippen LogP contribution is -2.44. The lowest BCUT2D eigenvalue weighted by molar-refractivity contribution is 0.0613. The smallest absolute Gasteiger partial charge is 0.146 e. The lowest BCUT2D eigenvalue weighted by atomic mass is 10.1. The van der Waals surface area contributed by atoms with Crippen LogP contribution in [-0.4, -0.2) is 42.6 Å². The van der Waals surface area contributed by atoms with Gasteiger partial charge in [-0.05, 0) is 12.1 Å². The minimum Gasteiger partial charge on any atom is -0.484 e. The molecule has 2 aromatic rings. The van der Waals surface area contributed by atoms with E-state index in [0.717, 1.165) is 10.9 Å². The molecule has 0 saturated heterocycles. The highest BCUT2D eigenvalue weighted by Gasteiger charge is 2.19. The molecule has 1 aromatic carbocycles. The monoisotopic (exact) mass is 262 g/mol. The highest BCUT2D eigenvalue weighted by atomic mass is 16.5. The van der Waals surface area contributed by atoms with Gasteiger partial charge in [-0.1, -0.05) is 18.2 Å². The van der Waals surface area contributed by atoms with Crippen LogP contribution in [0.5, 0.6) is 5.75 Å². The summed E-state index contributed by atoms with van der Waals surface area (Å²) in [4.78, 5) is 4.30. The van der Waals surface area contributed by atoms with Crippen LogP contribution in [0, 0.1) is 0 Å². The number of para-hydroxylation sites is 1. The van der Waals surface area contributed by atoms with Gasteiger partial charge in [0.2, 0.25) is 0 Å². The molecule has 0 aliphatic heterocycles. The summed E-state index contributed by atoms with van der Waals surface area (Å²) in [5, 5.41) is 10.4. The van der Waals surface area contributed by atoms with Gasteiger partial charge in [0.1, 0.15) is 17.4 Å². The quantitative estimate of drug-likeness (QED) is 0.810. The maximum atomic E-state index is 9.38. The van der Waals surface area contributed by atoms with E-state index >= 15 is 0 Å². The number of pyridine rings is 1. The normalized spacial score (nSPS) is 14.3. The van der Waals surface area contributed by atoms with Crippen LogP contribution in [0.3, 0.4) is 0 Å². The summed E-state index contributed by atoms with van der Waals surface area (Å²) in [6, 6.07) is 9.09. The largest absolute Gasteiger partial charge is 0.484 e.